The number of rotatable bonds is 2. The fourth-order valence-electron chi connectivity index (χ4n) is 6.26. The van der Waals surface area contributed by atoms with E-state index in [4.69, 9.17) is 5.73 Å². The Morgan fingerprint density at radius 3 is 2.43 bits per heavy atom. The molecule has 4 aliphatic carbocycles. The molecule has 4 aliphatic rings. The Morgan fingerprint density at radius 1 is 1.24 bits per heavy atom. The number of carbonyl (C=O) groups excluding carboxylic acids is 1. The highest BCUT2D eigenvalue weighted by Gasteiger charge is 2.60. The van der Waals surface area contributed by atoms with Gasteiger partial charge in [-0.1, -0.05) is 13.8 Å². The first kappa shape index (κ1) is 13.1. The summed E-state index contributed by atoms with van der Waals surface area (Å²) in [6.07, 6.45) is 7.20. The molecule has 4 fully saturated rings. The fourth-order valence-corrected chi connectivity index (χ4v) is 6.26. The van der Waals surface area contributed by atoms with Crippen LogP contribution in [0.1, 0.15) is 63.0 Å². The van der Waals surface area contributed by atoms with Gasteiger partial charge < -0.3 is 11.1 Å². The molecule has 21 heavy (non-hydrogen) atoms. The molecule has 114 valence electrons. The van der Waals surface area contributed by atoms with Gasteiger partial charge in [-0.15, -0.1) is 5.10 Å². The Labute approximate surface area is 124 Å². The molecule has 1 aromatic rings. The number of aromatic nitrogens is 3. The monoisotopic (exact) mass is 289 g/mol. The van der Waals surface area contributed by atoms with Crippen molar-refractivity contribution in [3.05, 3.63) is 5.82 Å². The SMILES string of the molecule is CC12CC3CC(C)(C1)CC(NC(=O)c1nc(N)n[nH]1)(C3)C2. The van der Waals surface area contributed by atoms with Gasteiger partial charge in [-0.25, -0.2) is 0 Å². The maximum atomic E-state index is 12.5. The lowest BCUT2D eigenvalue weighted by Gasteiger charge is -2.65. The number of nitrogens with one attached hydrogen (secondary N) is 2. The standard InChI is InChI=1S/C15H23N5O/c1-13-3-9-4-14(2,6-13)8-15(5-9,7-13)18-11(21)10-17-12(16)20-19-10/h9H,3-8H2,1-2H3,(H,18,21)(H3,16,17,19,20). The molecule has 4 N–H and O–H groups in total. The number of hydrogen-bond acceptors (Lipinski definition) is 4. The largest absolute Gasteiger partial charge is 0.366 e. The van der Waals surface area contributed by atoms with Gasteiger partial charge in [-0.3, -0.25) is 9.89 Å². The molecule has 1 amide bonds. The van der Waals surface area contributed by atoms with Gasteiger partial charge in [-0.05, 0) is 55.3 Å². The van der Waals surface area contributed by atoms with E-state index in [9.17, 15) is 4.79 Å². The van der Waals surface area contributed by atoms with Crippen LogP contribution in [0.3, 0.4) is 0 Å². The number of carbonyl (C=O) groups is 1. The Hall–Kier alpha value is -1.59. The van der Waals surface area contributed by atoms with Crippen molar-refractivity contribution >= 4 is 11.9 Å². The van der Waals surface area contributed by atoms with Crippen molar-refractivity contribution in [2.45, 2.75) is 57.9 Å². The molecule has 0 radical (unpaired) electrons. The molecule has 0 spiro atoms. The van der Waals surface area contributed by atoms with E-state index in [0.29, 0.717) is 10.8 Å². The van der Waals surface area contributed by atoms with Gasteiger partial charge in [-0.2, -0.15) is 4.98 Å². The van der Waals surface area contributed by atoms with E-state index in [-0.39, 0.29) is 23.2 Å². The first-order valence-electron chi connectivity index (χ1n) is 7.79. The number of nitrogens with two attached hydrogens (primary N) is 1. The van der Waals surface area contributed by atoms with Gasteiger partial charge in [0.2, 0.25) is 11.8 Å². The number of anilines is 1. The third-order valence-electron chi connectivity index (χ3n) is 5.72. The number of nitrogens with zero attached hydrogens (tertiary/aromatic N) is 2. The molecular weight excluding hydrogens is 266 g/mol. The number of hydrogen-bond donors (Lipinski definition) is 3. The second-order valence-corrected chi connectivity index (χ2v) is 8.41. The molecule has 5 rings (SSSR count). The van der Waals surface area contributed by atoms with E-state index >= 15 is 0 Å². The Bertz CT molecular complexity index is 591. The minimum absolute atomic E-state index is 0.0679. The molecule has 4 saturated carbocycles. The van der Waals surface area contributed by atoms with Crippen molar-refractivity contribution in [2.24, 2.45) is 16.7 Å². The first-order chi connectivity index (χ1) is 9.79. The molecule has 2 atom stereocenters. The van der Waals surface area contributed by atoms with Crippen molar-refractivity contribution in [1.29, 1.82) is 0 Å². The quantitative estimate of drug-likeness (QED) is 0.774. The molecule has 1 heterocycles. The average Bonchev–Trinajstić information content (AvgIpc) is 2.70. The summed E-state index contributed by atoms with van der Waals surface area (Å²) in [6, 6.07) is 0. The summed E-state index contributed by atoms with van der Waals surface area (Å²) in [5, 5.41) is 9.63. The minimum atomic E-state index is -0.173. The van der Waals surface area contributed by atoms with Crippen LogP contribution in [0.25, 0.3) is 0 Å². The third-order valence-corrected chi connectivity index (χ3v) is 5.72. The van der Waals surface area contributed by atoms with Gasteiger partial charge in [0, 0.05) is 5.54 Å². The Morgan fingerprint density at radius 2 is 1.90 bits per heavy atom. The second kappa shape index (κ2) is 3.78. The van der Waals surface area contributed by atoms with Gasteiger partial charge in [0.1, 0.15) is 0 Å². The highest BCUT2D eigenvalue weighted by molar-refractivity contribution is 5.91. The van der Waals surface area contributed by atoms with Crippen LogP contribution in [0, 0.1) is 16.7 Å². The summed E-state index contributed by atoms with van der Waals surface area (Å²) in [4.78, 5) is 16.4. The van der Waals surface area contributed by atoms with Crippen molar-refractivity contribution in [1.82, 2.24) is 20.5 Å². The van der Waals surface area contributed by atoms with E-state index in [1.54, 1.807) is 0 Å². The fraction of sp³-hybridized carbons (Fsp3) is 0.800. The molecule has 4 bridgehead atoms. The highest BCUT2D eigenvalue weighted by Crippen LogP contribution is 2.66. The van der Waals surface area contributed by atoms with Crippen molar-refractivity contribution < 1.29 is 4.79 Å². The zero-order valence-electron chi connectivity index (χ0n) is 12.7. The molecule has 0 aromatic carbocycles. The van der Waals surface area contributed by atoms with Crippen LogP contribution in [0.5, 0.6) is 0 Å². The normalized spacial score (nSPS) is 44.0. The summed E-state index contributed by atoms with van der Waals surface area (Å²) < 4.78 is 0. The van der Waals surface area contributed by atoms with Crippen LogP contribution in [0.2, 0.25) is 0 Å². The van der Waals surface area contributed by atoms with Crippen LogP contribution < -0.4 is 11.1 Å². The Kier molecular flexibility index (Phi) is 2.36. The summed E-state index contributed by atoms with van der Waals surface area (Å²) in [6.45, 7) is 4.78. The van der Waals surface area contributed by atoms with Crippen molar-refractivity contribution in [3.63, 3.8) is 0 Å². The van der Waals surface area contributed by atoms with Crippen LogP contribution >= 0.6 is 0 Å². The summed E-state index contributed by atoms with van der Waals surface area (Å²) in [5.74, 6) is 0.910. The summed E-state index contributed by atoms with van der Waals surface area (Å²) in [5.41, 5.74) is 6.17. The lowest BCUT2D eigenvalue weighted by atomic mass is 9.43. The summed E-state index contributed by atoms with van der Waals surface area (Å²) >= 11 is 0. The van der Waals surface area contributed by atoms with Gasteiger partial charge in [0.05, 0.1) is 0 Å². The van der Waals surface area contributed by atoms with Crippen LogP contribution in [-0.2, 0) is 0 Å². The first-order valence-corrected chi connectivity index (χ1v) is 7.79. The van der Waals surface area contributed by atoms with E-state index in [2.05, 4.69) is 34.3 Å². The zero-order chi connectivity index (χ0) is 14.9. The molecular formula is C15H23N5O. The smallest absolute Gasteiger partial charge is 0.289 e. The van der Waals surface area contributed by atoms with E-state index in [0.717, 1.165) is 25.2 Å². The lowest BCUT2D eigenvalue weighted by Crippen LogP contribution is -2.65. The maximum absolute atomic E-state index is 12.5. The van der Waals surface area contributed by atoms with Crippen LogP contribution in [-0.4, -0.2) is 26.6 Å². The Balaban J connectivity index is 1.61. The van der Waals surface area contributed by atoms with Crippen molar-refractivity contribution in [2.75, 3.05) is 5.73 Å². The number of nitrogen functional groups attached to an aromatic ring is 1. The minimum Gasteiger partial charge on any atom is -0.366 e. The summed E-state index contributed by atoms with van der Waals surface area (Å²) in [7, 11) is 0. The lowest BCUT2D eigenvalue weighted by molar-refractivity contribution is -0.114. The van der Waals surface area contributed by atoms with E-state index in [1.165, 1.54) is 19.3 Å². The molecule has 1 aromatic heterocycles. The number of amides is 1. The van der Waals surface area contributed by atoms with Crippen LogP contribution in [0.15, 0.2) is 0 Å². The average molecular weight is 289 g/mol. The zero-order valence-corrected chi connectivity index (χ0v) is 12.7. The number of H-pyrrole nitrogens is 1. The molecule has 6 heteroatoms. The topological polar surface area (TPSA) is 96.7 Å². The molecule has 0 aliphatic heterocycles. The third kappa shape index (κ3) is 2.03. The van der Waals surface area contributed by atoms with Gasteiger partial charge in [0.25, 0.3) is 5.91 Å². The molecule has 2 unspecified atom stereocenters. The highest BCUT2D eigenvalue weighted by atomic mass is 16.2. The predicted octanol–water partition coefficient (Wildman–Crippen LogP) is 1.87. The van der Waals surface area contributed by atoms with Crippen molar-refractivity contribution in [3.8, 4) is 0 Å². The second-order valence-electron chi connectivity index (χ2n) is 8.41. The number of aromatic amines is 1. The van der Waals surface area contributed by atoms with Crippen LogP contribution in [0.4, 0.5) is 5.95 Å². The maximum Gasteiger partial charge on any atom is 0.289 e. The van der Waals surface area contributed by atoms with Gasteiger partial charge >= 0.3 is 0 Å². The van der Waals surface area contributed by atoms with E-state index in [1.807, 2.05) is 0 Å². The molecule has 6 nitrogen and oxygen atoms in total. The van der Waals surface area contributed by atoms with E-state index < -0.39 is 0 Å². The molecule has 0 saturated heterocycles. The predicted molar refractivity (Wildman–Crippen MR) is 78.4 cm³/mol. The van der Waals surface area contributed by atoms with Gasteiger partial charge in [0.15, 0.2) is 0 Å².